The lowest BCUT2D eigenvalue weighted by atomic mass is 9.97. The fraction of sp³-hybridized carbons (Fsp3) is 0.562. The number of piperidine rings is 1. The van der Waals surface area contributed by atoms with E-state index in [1.807, 2.05) is 0 Å². The van der Waals surface area contributed by atoms with E-state index in [1.165, 1.54) is 6.07 Å². The number of nitrogens with one attached hydrogen (secondary N) is 1. The van der Waals surface area contributed by atoms with Crippen LogP contribution < -0.4 is 11.1 Å². The van der Waals surface area contributed by atoms with Crippen molar-refractivity contribution in [3.8, 4) is 0 Å². The minimum Gasteiger partial charge on any atom is -0.351 e. The largest absolute Gasteiger partial charge is 0.351 e. The fourth-order valence-corrected chi connectivity index (χ4v) is 2.66. The second-order valence-electron chi connectivity index (χ2n) is 5.82. The normalized spacial score (nSPS) is 16.9. The molecule has 1 fully saturated rings. The van der Waals surface area contributed by atoms with Crippen LogP contribution in [0.4, 0.5) is 4.39 Å². The molecule has 0 radical (unpaired) electrons. The van der Waals surface area contributed by atoms with E-state index in [1.54, 1.807) is 19.1 Å². The molecule has 116 valence electrons. The van der Waals surface area contributed by atoms with Gasteiger partial charge in [0.2, 0.25) is 5.91 Å². The number of carbonyl (C=O) groups excluding carboxylic acids is 1. The van der Waals surface area contributed by atoms with Gasteiger partial charge in [-0.15, -0.1) is 0 Å². The molecular weight excluding hydrogens is 269 g/mol. The zero-order valence-corrected chi connectivity index (χ0v) is 12.6. The Kier molecular flexibility index (Phi) is 5.70. The first-order valence-corrected chi connectivity index (χ1v) is 7.52. The van der Waals surface area contributed by atoms with Crippen molar-refractivity contribution in [2.24, 2.45) is 11.7 Å². The van der Waals surface area contributed by atoms with Gasteiger partial charge in [-0.2, -0.15) is 0 Å². The Bertz CT molecular complexity index is 484. The van der Waals surface area contributed by atoms with Gasteiger partial charge in [-0.3, -0.25) is 9.69 Å². The number of likely N-dealkylation sites (tertiary alicyclic amines) is 1. The number of carbonyl (C=O) groups is 1. The summed E-state index contributed by atoms with van der Waals surface area (Å²) in [7, 11) is 0. The van der Waals surface area contributed by atoms with Crippen LogP contribution in [0, 0.1) is 18.7 Å². The summed E-state index contributed by atoms with van der Waals surface area (Å²) >= 11 is 0. The summed E-state index contributed by atoms with van der Waals surface area (Å²) in [6.45, 7) is 5.21. The molecule has 3 N–H and O–H groups in total. The standard InChI is InChI=1S/C16H24FN3O/c1-12-8-14(2-3-15(12)17)10-19-16(21)11-20-6-4-13(9-18)5-7-20/h2-3,8,13H,4-7,9-11,18H2,1H3,(H,19,21). The SMILES string of the molecule is Cc1cc(CNC(=O)CN2CCC(CN)CC2)ccc1F. The Morgan fingerprint density at radius 2 is 2.14 bits per heavy atom. The van der Waals surface area contributed by atoms with Crippen molar-refractivity contribution in [1.82, 2.24) is 10.2 Å². The highest BCUT2D eigenvalue weighted by atomic mass is 19.1. The molecule has 1 aromatic carbocycles. The fourth-order valence-electron chi connectivity index (χ4n) is 2.66. The molecular formula is C16H24FN3O. The molecule has 1 heterocycles. The predicted molar refractivity (Wildman–Crippen MR) is 81.2 cm³/mol. The van der Waals surface area contributed by atoms with Gasteiger partial charge in [0.15, 0.2) is 0 Å². The number of hydrogen-bond donors (Lipinski definition) is 2. The van der Waals surface area contributed by atoms with E-state index in [2.05, 4.69) is 10.2 Å². The monoisotopic (exact) mass is 293 g/mol. The molecule has 0 saturated carbocycles. The van der Waals surface area contributed by atoms with Crippen LogP contribution in [0.1, 0.15) is 24.0 Å². The van der Waals surface area contributed by atoms with E-state index in [-0.39, 0.29) is 11.7 Å². The first-order chi connectivity index (χ1) is 10.1. The number of halogens is 1. The third-order valence-electron chi connectivity index (χ3n) is 4.12. The number of nitrogens with two attached hydrogens (primary N) is 1. The van der Waals surface area contributed by atoms with Gasteiger partial charge in [0, 0.05) is 6.54 Å². The van der Waals surface area contributed by atoms with Gasteiger partial charge in [-0.25, -0.2) is 4.39 Å². The molecule has 0 aliphatic carbocycles. The van der Waals surface area contributed by atoms with Gasteiger partial charge in [0.05, 0.1) is 6.54 Å². The van der Waals surface area contributed by atoms with Gasteiger partial charge in [0.25, 0.3) is 0 Å². The first kappa shape index (κ1) is 15.9. The highest BCUT2D eigenvalue weighted by molar-refractivity contribution is 5.78. The van der Waals surface area contributed by atoms with E-state index in [4.69, 9.17) is 5.73 Å². The first-order valence-electron chi connectivity index (χ1n) is 7.52. The summed E-state index contributed by atoms with van der Waals surface area (Å²) in [5.74, 6) is 0.405. The van der Waals surface area contributed by atoms with Gasteiger partial charge in [-0.1, -0.05) is 12.1 Å². The molecule has 0 atom stereocenters. The molecule has 1 aliphatic rings. The highest BCUT2D eigenvalue weighted by Crippen LogP contribution is 2.15. The summed E-state index contributed by atoms with van der Waals surface area (Å²) in [4.78, 5) is 14.1. The lowest BCUT2D eigenvalue weighted by Crippen LogP contribution is -2.42. The lowest BCUT2D eigenvalue weighted by molar-refractivity contribution is -0.122. The number of nitrogens with zero attached hydrogens (tertiary/aromatic N) is 1. The molecule has 0 spiro atoms. The van der Waals surface area contributed by atoms with Gasteiger partial charge in [-0.05, 0) is 62.5 Å². The molecule has 1 saturated heterocycles. The van der Waals surface area contributed by atoms with E-state index in [9.17, 15) is 9.18 Å². The maximum absolute atomic E-state index is 13.2. The van der Waals surface area contributed by atoms with E-state index in [0.29, 0.717) is 24.6 Å². The lowest BCUT2D eigenvalue weighted by Gasteiger charge is -2.30. The predicted octanol–water partition coefficient (Wildman–Crippen LogP) is 1.42. The molecule has 1 aromatic rings. The number of benzene rings is 1. The van der Waals surface area contributed by atoms with Crippen molar-refractivity contribution in [3.05, 3.63) is 35.1 Å². The van der Waals surface area contributed by atoms with Crippen LogP contribution in [0.2, 0.25) is 0 Å². The molecule has 1 aliphatic heterocycles. The van der Waals surface area contributed by atoms with E-state index >= 15 is 0 Å². The number of amides is 1. The average Bonchev–Trinajstić information content (AvgIpc) is 2.49. The zero-order chi connectivity index (χ0) is 15.2. The minimum absolute atomic E-state index is 0.0168. The molecule has 0 aromatic heterocycles. The summed E-state index contributed by atoms with van der Waals surface area (Å²) in [6.07, 6.45) is 2.14. The van der Waals surface area contributed by atoms with Crippen molar-refractivity contribution in [1.29, 1.82) is 0 Å². The van der Waals surface area contributed by atoms with Gasteiger partial charge in [0.1, 0.15) is 5.82 Å². The topological polar surface area (TPSA) is 58.4 Å². The molecule has 1 amide bonds. The maximum atomic E-state index is 13.2. The summed E-state index contributed by atoms with van der Waals surface area (Å²) < 4.78 is 13.2. The van der Waals surface area contributed by atoms with Crippen LogP contribution >= 0.6 is 0 Å². The van der Waals surface area contributed by atoms with Crippen molar-refractivity contribution in [3.63, 3.8) is 0 Å². The van der Waals surface area contributed by atoms with Crippen LogP contribution in [0.25, 0.3) is 0 Å². The van der Waals surface area contributed by atoms with Crippen LogP contribution in [-0.4, -0.2) is 37.0 Å². The highest BCUT2D eigenvalue weighted by Gasteiger charge is 2.19. The van der Waals surface area contributed by atoms with Crippen molar-refractivity contribution >= 4 is 5.91 Å². The molecule has 0 unspecified atom stereocenters. The Hall–Kier alpha value is -1.46. The summed E-state index contributed by atoms with van der Waals surface area (Å²) in [5, 5.41) is 2.89. The third kappa shape index (κ3) is 4.79. The summed E-state index contributed by atoms with van der Waals surface area (Å²) in [6, 6.07) is 4.91. The number of hydrogen-bond acceptors (Lipinski definition) is 3. The Morgan fingerprint density at radius 3 is 2.76 bits per heavy atom. The van der Waals surface area contributed by atoms with Crippen molar-refractivity contribution in [2.75, 3.05) is 26.2 Å². The molecule has 0 bridgehead atoms. The van der Waals surface area contributed by atoms with Crippen molar-refractivity contribution < 1.29 is 9.18 Å². The average molecular weight is 293 g/mol. The molecule has 21 heavy (non-hydrogen) atoms. The molecule has 5 heteroatoms. The summed E-state index contributed by atoms with van der Waals surface area (Å²) in [5.41, 5.74) is 7.18. The second kappa shape index (κ2) is 7.52. The van der Waals surface area contributed by atoms with Crippen LogP contribution in [0.15, 0.2) is 18.2 Å². The number of rotatable bonds is 5. The quantitative estimate of drug-likeness (QED) is 0.863. The zero-order valence-electron chi connectivity index (χ0n) is 12.6. The third-order valence-corrected chi connectivity index (χ3v) is 4.12. The van der Waals surface area contributed by atoms with Gasteiger partial charge < -0.3 is 11.1 Å². The van der Waals surface area contributed by atoms with Crippen molar-refractivity contribution in [2.45, 2.75) is 26.3 Å². The second-order valence-corrected chi connectivity index (χ2v) is 5.82. The van der Waals surface area contributed by atoms with Gasteiger partial charge >= 0.3 is 0 Å². The Balaban J connectivity index is 1.73. The van der Waals surface area contributed by atoms with E-state index < -0.39 is 0 Å². The van der Waals surface area contributed by atoms with Crippen LogP contribution in [-0.2, 0) is 11.3 Å². The molecule has 4 nitrogen and oxygen atoms in total. The minimum atomic E-state index is -0.215. The Labute approximate surface area is 125 Å². The van der Waals surface area contributed by atoms with Crippen LogP contribution in [0.3, 0.4) is 0 Å². The smallest absolute Gasteiger partial charge is 0.234 e. The Morgan fingerprint density at radius 1 is 1.43 bits per heavy atom. The number of aryl methyl sites for hydroxylation is 1. The molecule has 2 rings (SSSR count). The van der Waals surface area contributed by atoms with Crippen LogP contribution in [0.5, 0.6) is 0 Å². The maximum Gasteiger partial charge on any atom is 0.234 e. The van der Waals surface area contributed by atoms with E-state index in [0.717, 1.165) is 38.0 Å².